The molecule has 0 bridgehead atoms. The lowest BCUT2D eigenvalue weighted by Crippen LogP contribution is -2.01. The molecular weight excluding hydrogens is 238 g/mol. The number of nitrogens with zero attached hydrogens (tertiary/aromatic N) is 1. The van der Waals surface area contributed by atoms with Crippen molar-refractivity contribution in [2.24, 2.45) is 0 Å². The Bertz CT molecular complexity index is 570. The van der Waals surface area contributed by atoms with E-state index in [1.807, 2.05) is 36.4 Å². The van der Waals surface area contributed by atoms with Crippen LogP contribution in [0.2, 0.25) is 0 Å². The fraction of sp³-hybridized carbons (Fsp3) is 0.188. The minimum Gasteiger partial charge on any atom is -0.497 e. The summed E-state index contributed by atoms with van der Waals surface area (Å²) in [5.41, 5.74) is 1.80. The lowest BCUT2D eigenvalue weighted by atomic mass is 10.1. The number of ether oxygens (including phenoxy) is 2. The molecule has 0 unspecified atom stereocenters. The Labute approximate surface area is 113 Å². The summed E-state index contributed by atoms with van der Waals surface area (Å²) in [4.78, 5) is 0. The number of nitriles is 1. The molecule has 0 aliphatic heterocycles. The molecule has 3 heteroatoms. The zero-order chi connectivity index (χ0) is 13.5. The maximum Gasteiger partial charge on any atom is 0.120 e. The molecule has 0 heterocycles. The highest BCUT2D eigenvalue weighted by atomic mass is 16.5. The lowest BCUT2D eigenvalue weighted by Gasteiger charge is -2.07. The van der Waals surface area contributed by atoms with Gasteiger partial charge in [0.1, 0.15) is 11.5 Å². The fourth-order valence-corrected chi connectivity index (χ4v) is 1.73. The van der Waals surface area contributed by atoms with Crippen LogP contribution in [0.3, 0.4) is 0 Å². The molecule has 0 saturated heterocycles. The molecule has 0 radical (unpaired) electrons. The summed E-state index contributed by atoms with van der Waals surface area (Å²) in [7, 11) is 1.65. The maximum atomic E-state index is 8.80. The van der Waals surface area contributed by atoms with E-state index in [1.54, 1.807) is 19.2 Å². The molecule has 0 N–H and O–H groups in total. The van der Waals surface area contributed by atoms with Crippen LogP contribution in [0.4, 0.5) is 0 Å². The van der Waals surface area contributed by atoms with Crippen molar-refractivity contribution in [3.63, 3.8) is 0 Å². The number of benzene rings is 2. The van der Waals surface area contributed by atoms with E-state index in [2.05, 4.69) is 6.07 Å². The van der Waals surface area contributed by atoms with Gasteiger partial charge in [-0.25, -0.2) is 0 Å². The maximum absolute atomic E-state index is 8.80. The molecule has 0 aliphatic carbocycles. The molecule has 3 nitrogen and oxygen atoms in total. The predicted molar refractivity (Wildman–Crippen MR) is 73.4 cm³/mol. The molecule has 19 heavy (non-hydrogen) atoms. The van der Waals surface area contributed by atoms with E-state index >= 15 is 0 Å². The first-order chi connectivity index (χ1) is 9.31. The summed E-state index contributed by atoms with van der Waals surface area (Å²) in [6.45, 7) is 0.585. The van der Waals surface area contributed by atoms with Crippen molar-refractivity contribution in [2.75, 3.05) is 13.7 Å². The quantitative estimate of drug-likeness (QED) is 0.821. The molecule has 96 valence electrons. The molecular formula is C16H15NO2. The Morgan fingerprint density at radius 1 is 1.05 bits per heavy atom. The Morgan fingerprint density at radius 3 is 2.53 bits per heavy atom. The number of hydrogen-bond donors (Lipinski definition) is 0. The third-order valence-corrected chi connectivity index (χ3v) is 2.78. The van der Waals surface area contributed by atoms with E-state index in [9.17, 15) is 0 Å². The molecule has 2 aromatic rings. The molecule has 0 spiro atoms. The van der Waals surface area contributed by atoms with E-state index < -0.39 is 0 Å². The highest BCUT2D eigenvalue weighted by Crippen LogP contribution is 2.14. The van der Waals surface area contributed by atoms with Gasteiger partial charge in [0.15, 0.2) is 0 Å². The van der Waals surface area contributed by atoms with E-state index in [0.717, 1.165) is 17.9 Å². The first-order valence-corrected chi connectivity index (χ1v) is 6.08. The van der Waals surface area contributed by atoms with Crippen LogP contribution in [0.25, 0.3) is 0 Å². The molecule has 0 atom stereocenters. The summed E-state index contributed by atoms with van der Waals surface area (Å²) in [6.07, 6.45) is 0.820. The largest absolute Gasteiger partial charge is 0.497 e. The Hall–Kier alpha value is -2.47. The van der Waals surface area contributed by atoms with Crippen LogP contribution in [0.1, 0.15) is 11.1 Å². The van der Waals surface area contributed by atoms with Gasteiger partial charge in [-0.1, -0.05) is 18.2 Å². The third-order valence-electron chi connectivity index (χ3n) is 2.78. The minimum atomic E-state index is 0.585. The average Bonchev–Trinajstić information content (AvgIpc) is 2.48. The summed E-state index contributed by atoms with van der Waals surface area (Å²) in [5.74, 6) is 1.58. The standard InChI is InChI=1S/C16H15NO2/c1-18-15-7-5-13(6-8-15)9-10-19-16-4-2-3-14(11-16)12-17/h2-8,11H,9-10H2,1H3. The molecule has 0 aromatic heterocycles. The lowest BCUT2D eigenvalue weighted by molar-refractivity contribution is 0.322. The van der Waals surface area contributed by atoms with Gasteiger partial charge in [-0.15, -0.1) is 0 Å². The molecule has 0 amide bonds. The summed E-state index contributed by atoms with van der Waals surface area (Å²) >= 11 is 0. The fourth-order valence-electron chi connectivity index (χ4n) is 1.73. The van der Waals surface area contributed by atoms with Gasteiger partial charge in [-0.05, 0) is 35.9 Å². The van der Waals surface area contributed by atoms with Crippen LogP contribution < -0.4 is 9.47 Å². The first-order valence-electron chi connectivity index (χ1n) is 6.08. The second kappa shape index (κ2) is 6.46. The third kappa shape index (κ3) is 3.75. The second-order valence-corrected chi connectivity index (χ2v) is 4.09. The molecule has 2 rings (SSSR count). The SMILES string of the molecule is COc1ccc(CCOc2cccc(C#N)c2)cc1. The van der Waals surface area contributed by atoms with Crippen LogP contribution in [-0.2, 0) is 6.42 Å². The van der Waals surface area contributed by atoms with Crippen LogP contribution in [-0.4, -0.2) is 13.7 Å². The summed E-state index contributed by atoms with van der Waals surface area (Å²) in [5, 5.41) is 8.80. The molecule has 0 saturated carbocycles. The van der Waals surface area contributed by atoms with Crippen molar-refractivity contribution in [2.45, 2.75) is 6.42 Å². The Kier molecular flexibility index (Phi) is 4.41. The molecule has 0 fully saturated rings. The summed E-state index contributed by atoms with van der Waals surface area (Å²) < 4.78 is 10.7. The van der Waals surface area contributed by atoms with Crippen molar-refractivity contribution in [3.05, 3.63) is 59.7 Å². The van der Waals surface area contributed by atoms with E-state index in [0.29, 0.717) is 12.2 Å². The van der Waals surface area contributed by atoms with Crippen LogP contribution in [0.15, 0.2) is 48.5 Å². The Morgan fingerprint density at radius 2 is 1.84 bits per heavy atom. The van der Waals surface area contributed by atoms with E-state index in [-0.39, 0.29) is 0 Å². The van der Waals surface area contributed by atoms with Gasteiger partial charge < -0.3 is 9.47 Å². The monoisotopic (exact) mass is 253 g/mol. The van der Waals surface area contributed by atoms with Crippen LogP contribution >= 0.6 is 0 Å². The molecule has 2 aromatic carbocycles. The van der Waals surface area contributed by atoms with Crippen molar-refractivity contribution in [1.82, 2.24) is 0 Å². The predicted octanol–water partition coefficient (Wildman–Crippen LogP) is 3.19. The second-order valence-electron chi connectivity index (χ2n) is 4.09. The van der Waals surface area contributed by atoms with Gasteiger partial charge in [0, 0.05) is 6.42 Å². The van der Waals surface area contributed by atoms with Gasteiger partial charge in [0.2, 0.25) is 0 Å². The van der Waals surface area contributed by atoms with Crippen molar-refractivity contribution >= 4 is 0 Å². The van der Waals surface area contributed by atoms with Gasteiger partial charge in [-0.2, -0.15) is 5.26 Å². The summed E-state index contributed by atoms with van der Waals surface area (Å²) in [6, 6.07) is 17.2. The number of hydrogen-bond acceptors (Lipinski definition) is 3. The van der Waals surface area contributed by atoms with E-state index in [4.69, 9.17) is 14.7 Å². The normalized spacial score (nSPS) is 9.68. The van der Waals surface area contributed by atoms with Crippen molar-refractivity contribution in [1.29, 1.82) is 5.26 Å². The average molecular weight is 253 g/mol. The van der Waals surface area contributed by atoms with Gasteiger partial charge in [-0.3, -0.25) is 0 Å². The topological polar surface area (TPSA) is 42.2 Å². The Balaban J connectivity index is 1.87. The van der Waals surface area contributed by atoms with Crippen LogP contribution in [0.5, 0.6) is 11.5 Å². The van der Waals surface area contributed by atoms with Crippen LogP contribution in [0, 0.1) is 11.3 Å². The zero-order valence-corrected chi connectivity index (χ0v) is 10.8. The van der Waals surface area contributed by atoms with Gasteiger partial charge in [0.25, 0.3) is 0 Å². The van der Waals surface area contributed by atoms with Gasteiger partial charge >= 0.3 is 0 Å². The smallest absolute Gasteiger partial charge is 0.120 e. The highest BCUT2D eigenvalue weighted by molar-refractivity contribution is 5.36. The van der Waals surface area contributed by atoms with Crippen molar-refractivity contribution < 1.29 is 9.47 Å². The zero-order valence-electron chi connectivity index (χ0n) is 10.8. The number of methoxy groups -OCH3 is 1. The van der Waals surface area contributed by atoms with E-state index in [1.165, 1.54) is 5.56 Å². The minimum absolute atomic E-state index is 0.585. The number of rotatable bonds is 5. The highest BCUT2D eigenvalue weighted by Gasteiger charge is 1.98. The molecule has 0 aliphatic rings. The first kappa shape index (κ1) is 13.0. The van der Waals surface area contributed by atoms with Crippen molar-refractivity contribution in [3.8, 4) is 17.6 Å². The van der Waals surface area contributed by atoms with Gasteiger partial charge in [0.05, 0.1) is 25.3 Å².